The van der Waals surface area contributed by atoms with Gasteiger partial charge in [0.1, 0.15) is 0 Å². The molecular formula is C2H5NO3S2. The van der Waals surface area contributed by atoms with E-state index in [9.17, 15) is 0 Å². The molecule has 0 aromatic rings. The molecule has 1 atom stereocenters. The van der Waals surface area contributed by atoms with Gasteiger partial charge in [0.15, 0.2) is 0 Å². The SMILES string of the molecule is CSC1OON(S)O1. The molecule has 0 aliphatic carbocycles. The highest BCUT2D eigenvalue weighted by molar-refractivity contribution is 7.98. The fraction of sp³-hybridized carbons (Fsp3) is 1.00. The molecule has 8 heavy (non-hydrogen) atoms. The highest BCUT2D eigenvalue weighted by Crippen LogP contribution is 2.20. The van der Waals surface area contributed by atoms with E-state index in [0.29, 0.717) is 0 Å². The minimum atomic E-state index is -0.382. The Morgan fingerprint density at radius 3 is 2.75 bits per heavy atom. The van der Waals surface area contributed by atoms with Crippen LogP contribution in [0.5, 0.6) is 0 Å². The van der Waals surface area contributed by atoms with Crippen LogP contribution in [-0.2, 0) is 14.7 Å². The smallest absolute Gasteiger partial charge is 0.216 e. The Labute approximate surface area is 56.4 Å². The van der Waals surface area contributed by atoms with Crippen molar-refractivity contribution < 1.29 is 14.7 Å². The summed E-state index contributed by atoms with van der Waals surface area (Å²) in [5.74, 6) is 0. The monoisotopic (exact) mass is 155 g/mol. The first kappa shape index (κ1) is 6.66. The van der Waals surface area contributed by atoms with Gasteiger partial charge in [-0.15, -0.1) is 11.8 Å². The van der Waals surface area contributed by atoms with Crippen LogP contribution in [-0.4, -0.2) is 16.5 Å². The number of thioether (sulfide) groups is 1. The van der Waals surface area contributed by atoms with E-state index >= 15 is 0 Å². The Morgan fingerprint density at radius 2 is 2.50 bits per heavy atom. The quantitative estimate of drug-likeness (QED) is 0.442. The van der Waals surface area contributed by atoms with E-state index < -0.39 is 0 Å². The number of hydrogen-bond acceptors (Lipinski definition) is 6. The minimum Gasteiger partial charge on any atom is -0.216 e. The number of thiol groups is 1. The lowest BCUT2D eigenvalue weighted by Crippen LogP contribution is -2.03. The molecule has 0 amide bonds. The van der Waals surface area contributed by atoms with Crippen LogP contribution in [0.15, 0.2) is 0 Å². The molecule has 0 aromatic carbocycles. The Balaban J connectivity index is 2.22. The summed E-state index contributed by atoms with van der Waals surface area (Å²) < 4.78 is 0.862. The molecule has 48 valence electrons. The maximum atomic E-state index is 4.73. The van der Waals surface area contributed by atoms with Crippen molar-refractivity contribution in [1.29, 1.82) is 0 Å². The third kappa shape index (κ3) is 1.51. The highest BCUT2D eigenvalue weighted by atomic mass is 32.2. The molecule has 1 aliphatic rings. The number of rotatable bonds is 1. The lowest BCUT2D eigenvalue weighted by molar-refractivity contribution is -0.360. The maximum absolute atomic E-state index is 4.73. The van der Waals surface area contributed by atoms with Crippen LogP contribution in [0.1, 0.15) is 0 Å². The molecular weight excluding hydrogens is 150 g/mol. The standard InChI is InChI=1S/C2H5NO3S2/c1-8-2-4-3(7)6-5-2/h2,7H,1H3. The molecule has 1 rings (SSSR count). The van der Waals surface area contributed by atoms with Crippen molar-refractivity contribution >= 4 is 24.6 Å². The molecule has 0 N–H and O–H groups in total. The Hall–Kier alpha value is 0.540. The van der Waals surface area contributed by atoms with Crippen LogP contribution < -0.4 is 0 Å². The van der Waals surface area contributed by atoms with Gasteiger partial charge < -0.3 is 0 Å². The molecule has 1 heterocycles. The van der Waals surface area contributed by atoms with E-state index in [1.165, 1.54) is 11.8 Å². The van der Waals surface area contributed by atoms with Crippen molar-refractivity contribution in [3.63, 3.8) is 0 Å². The predicted octanol–water partition coefficient (Wildman–Crippen LogP) is 0.588. The molecule has 0 aromatic heterocycles. The zero-order valence-electron chi connectivity index (χ0n) is 4.10. The average Bonchev–Trinajstić information content (AvgIpc) is 2.14. The first-order valence-corrected chi connectivity index (χ1v) is 3.54. The van der Waals surface area contributed by atoms with Gasteiger partial charge in [0.25, 0.3) is 5.62 Å². The molecule has 4 nitrogen and oxygen atoms in total. The molecule has 1 unspecified atom stereocenters. The summed E-state index contributed by atoms with van der Waals surface area (Å²) in [7, 11) is 0. The van der Waals surface area contributed by atoms with Crippen LogP contribution in [0, 0.1) is 0 Å². The van der Waals surface area contributed by atoms with Crippen LogP contribution in [0.25, 0.3) is 0 Å². The molecule has 1 saturated heterocycles. The second-order valence-electron chi connectivity index (χ2n) is 1.04. The van der Waals surface area contributed by atoms with Crippen LogP contribution in [0.4, 0.5) is 0 Å². The molecule has 1 fully saturated rings. The van der Waals surface area contributed by atoms with Crippen LogP contribution in [0.2, 0.25) is 0 Å². The largest absolute Gasteiger partial charge is 0.262 e. The molecule has 0 radical (unpaired) electrons. The van der Waals surface area contributed by atoms with E-state index in [1.807, 2.05) is 6.26 Å². The minimum absolute atomic E-state index is 0.382. The van der Waals surface area contributed by atoms with Crippen molar-refractivity contribution in [3.8, 4) is 0 Å². The van der Waals surface area contributed by atoms with E-state index in [1.54, 1.807) is 0 Å². The molecule has 1 aliphatic heterocycles. The van der Waals surface area contributed by atoms with Crippen molar-refractivity contribution in [2.45, 2.75) is 5.62 Å². The van der Waals surface area contributed by atoms with Crippen molar-refractivity contribution in [2.75, 3.05) is 6.26 Å². The molecule has 0 bridgehead atoms. The number of nitrogens with zero attached hydrogens (tertiary/aromatic N) is 1. The van der Waals surface area contributed by atoms with Crippen LogP contribution >= 0.6 is 24.6 Å². The zero-order valence-corrected chi connectivity index (χ0v) is 5.82. The second kappa shape index (κ2) is 2.90. The summed E-state index contributed by atoms with van der Waals surface area (Å²) in [4.78, 5) is 13.5. The summed E-state index contributed by atoms with van der Waals surface area (Å²) in [5, 5.41) is 0. The first-order valence-electron chi connectivity index (χ1n) is 1.85. The van der Waals surface area contributed by atoms with Gasteiger partial charge >= 0.3 is 0 Å². The predicted molar refractivity (Wildman–Crippen MR) is 31.4 cm³/mol. The van der Waals surface area contributed by atoms with Crippen LogP contribution in [0.3, 0.4) is 0 Å². The molecule has 6 heteroatoms. The van der Waals surface area contributed by atoms with Gasteiger partial charge in [0.2, 0.25) is 0 Å². The second-order valence-corrected chi connectivity index (χ2v) is 2.22. The highest BCUT2D eigenvalue weighted by Gasteiger charge is 2.22. The van der Waals surface area contributed by atoms with E-state index in [2.05, 4.69) is 22.7 Å². The summed E-state index contributed by atoms with van der Waals surface area (Å²) in [5.41, 5.74) is -0.382. The normalized spacial score (nSPS) is 31.5. The molecule has 0 spiro atoms. The zero-order chi connectivity index (χ0) is 5.98. The van der Waals surface area contributed by atoms with Gasteiger partial charge in [0.05, 0.1) is 0 Å². The Kier molecular flexibility index (Phi) is 2.42. The summed E-state index contributed by atoms with van der Waals surface area (Å²) in [6.45, 7) is 0. The van der Waals surface area contributed by atoms with Crippen molar-refractivity contribution in [2.24, 2.45) is 0 Å². The van der Waals surface area contributed by atoms with Crippen molar-refractivity contribution in [3.05, 3.63) is 0 Å². The van der Waals surface area contributed by atoms with E-state index in [0.717, 1.165) is 4.63 Å². The van der Waals surface area contributed by atoms with Gasteiger partial charge in [-0.2, -0.15) is 4.89 Å². The third-order valence-corrected chi connectivity index (χ3v) is 1.26. The number of hydrogen-bond donors (Lipinski definition) is 1. The van der Waals surface area contributed by atoms with Gasteiger partial charge in [-0.3, -0.25) is 0 Å². The van der Waals surface area contributed by atoms with Gasteiger partial charge in [-0.05, 0) is 19.1 Å². The Bertz CT molecular complexity index is 81.7. The fourth-order valence-corrected chi connectivity index (χ4v) is 0.729. The van der Waals surface area contributed by atoms with Gasteiger partial charge in [-0.1, -0.05) is 4.99 Å². The average molecular weight is 155 g/mol. The van der Waals surface area contributed by atoms with E-state index in [4.69, 9.17) is 4.84 Å². The topological polar surface area (TPSA) is 30.9 Å². The third-order valence-electron chi connectivity index (χ3n) is 0.554. The van der Waals surface area contributed by atoms with Gasteiger partial charge in [0, 0.05) is 4.63 Å². The van der Waals surface area contributed by atoms with Crippen molar-refractivity contribution in [1.82, 2.24) is 4.63 Å². The summed E-state index contributed by atoms with van der Waals surface area (Å²) in [6, 6.07) is 0. The lowest BCUT2D eigenvalue weighted by atomic mass is 11.5. The summed E-state index contributed by atoms with van der Waals surface area (Å²) >= 11 is 5.03. The Morgan fingerprint density at radius 1 is 1.75 bits per heavy atom. The van der Waals surface area contributed by atoms with Gasteiger partial charge in [-0.25, -0.2) is 4.84 Å². The first-order chi connectivity index (χ1) is 3.83. The lowest BCUT2D eigenvalue weighted by Gasteiger charge is -1.97. The fourth-order valence-electron chi connectivity index (χ4n) is 0.263. The van der Waals surface area contributed by atoms with E-state index in [-0.39, 0.29) is 5.62 Å². The summed E-state index contributed by atoms with van der Waals surface area (Å²) in [6.07, 6.45) is 1.83. The maximum Gasteiger partial charge on any atom is 0.262 e. The molecule has 0 saturated carbocycles.